The van der Waals surface area contributed by atoms with Crippen LogP contribution in [0.1, 0.15) is 18.4 Å². The van der Waals surface area contributed by atoms with Crippen LogP contribution < -0.4 is 4.74 Å². The first kappa shape index (κ1) is 12.9. The molecule has 1 saturated heterocycles. The van der Waals surface area contributed by atoms with Gasteiger partial charge in [0.2, 0.25) is 0 Å². The van der Waals surface area contributed by atoms with Gasteiger partial charge >= 0.3 is 0 Å². The SMILES string of the molecule is OCC#Cc1ccc(F)c(OCC2CCCO2)c1. The van der Waals surface area contributed by atoms with Gasteiger partial charge in [-0.3, -0.25) is 0 Å². The van der Waals surface area contributed by atoms with Crippen molar-refractivity contribution < 1.29 is 19.0 Å². The van der Waals surface area contributed by atoms with Crippen molar-refractivity contribution >= 4 is 0 Å². The highest BCUT2D eigenvalue weighted by Gasteiger charge is 2.16. The minimum absolute atomic E-state index is 0.0524. The van der Waals surface area contributed by atoms with E-state index in [1.165, 1.54) is 12.1 Å². The topological polar surface area (TPSA) is 38.7 Å². The van der Waals surface area contributed by atoms with Gasteiger partial charge in [0.25, 0.3) is 0 Å². The fourth-order valence-electron chi connectivity index (χ4n) is 1.79. The van der Waals surface area contributed by atoms with E-state index in [-0.39, 0.29) is 18.5 Å². The number of ether oxygens (including phenoxy) is 2. The van der Waals surface area contributed by atoms with E-state index >= 15 is 0 Å². The minimum Gasteiger partial charge on any atom is -0.488 e. The first-order valence-corrected chi connectivity index (χ1v) is 5.93. The minimum atomic E-state index is -0.414. The Morgan fingerprint density at radius 2 is 2.39 bits per heavy atom. The molecule has 3 nitrogen and oxygen atoms in total. The fourth-order valence-corrected chi connectivity index (χ4v) is 1.79. The highest BCUT2D eigenvalue weighted by molar-refractivity contribution is 5.40. The molecule has 1 aliphatic rings. The Hall–Kier alpha value is -1.57. The molecule has 2 rings (SSSR count). The molecule has 0 spiro atoms. The number of hydrogen-bond donors (Lipinski definition) is 1. The summed E-state index contributed by atoms with van der Waals surface area (Å²) < 4.78 is 24.3. The highest BCUT2D eigenvalue weighted by Crippen LogP contribution is 2.20. The summed E-state index contributed by atoms with van der Waals surface area (Å²) in [5.74, 6) is 4.99. The Balaban J connectivity index is 2.01. The second kappa shape index (κ2) is 6.39. The molecule has 1 atom stereocenters. The van der Waals surface area contributed by atoms with E-state index in [1.807, 2.05) is 0 Å². The highest BCUT2D eigenvalue weighted by atomic mass is 19.1. The lowest BCUT2D eigenvalue weighted by Crippen LogP contribution is -2.16. The summed E-state index contributed by atoms with van der Waals surface area (Å²) in [6.07, 6.45) is 2.03. The van der Waals surface area contributed by atoms with E-state index in [0.717, 1.165) is 19.4 Å². The summed E-state index contributed by atoms with van der Waals surface area (Å²) in [5.41, 5.74) is 0.618. The number of aliphatic hydroxyl groups excluding tert-OH is 1. The summed E-state index contributed by atoms with van der Waals surface area (Å²) in [5, 5.41) is 8.60. The van der Waals surface area contributed by atoms with Crippen LogP contribution in [0.4, 0.5) is 4.39 Å². The molecule has 1 aromatic rings. The maximum absolute atomic E-state index is 13.5. The van der Waals surface area contributed by atoms with E-state index in [9.17, 15) is 4.39 Å². The van der Waals surface area contributed by atoms with Crippen molar-refractivity contribution in [1.29, 1.82) is 0 Å². The maximum Gasteiger partial charge on any atom is 0.165 e. The summed E-state index contributed by atoms with van der Waals surface area (Å²) >= 11 is 0. The zero-order valence-corrected chi connectivity index (χ0v) is 9.99. The largest absolute Gasteiger partial charge is 0.488 e. The molecule has 0 aliphatic carbocycles. The average Bonchev–Trinajstić information content (AvgIpc) is 2.89. The van der Waals surface area contributed by atoms with Gasteiger partial charge in [0.05, 0.1) is 6.10 Å². The molecule has 0 aromatic heterocycles. The average molecular weight is 250 g/mol. The molecule has 1 fully saturated rings. The molecule has 0 saturated carbocycles. The monoisotopic (exact) mass is 250 g/mol. The van der Waals surface area contributed by atoms with Crippen molar-refractivity contribution in [3.8, 4) is 17.6 Å². The number of aliphatic hydroxyl groups is 1. The summed E-state index contributed by atoms with van der Waals surface area (Å²) in [4.78, 5) is 0. The molecule has 96 valence electrons. The predicted octanol–water partition coefficient (Wildman–Crippen LogP) is 1.73. The smallest absolute Gasteiger partial charge is 0.165 e. The Morgan fingerprint density at radius 1 is 1.50 bits per heavy atom. The lowest BCUT2D eigenvalue weighted by atomic mass is 10.2. The van der Waals surface area contributed by atoms with E-state index < -0.39 is 5.82 Å². The van der Waals surface area contributed by atoms with Crippen LogP contribution in [0.3, 0.4) is 0 Å². The van der Waals surface area contributed by atoms with Gasteiger partial charge in [0, 0.05) is 12.2 Å². The van der Waals surface area contributed by atoms with Gasteiger partial charge < -0.3 is 14.6 Å². The van der Waals surface area contributed by atoms with Crippen molar-refractivity contribution in [2.75, 3.05) is 19.8 Å². The summed E-state index contributed by atoms with van der Waals surface area (Å²) in [7, 11) is 0. The van der Waals surface area contributed by atoms with Crippen LogP contribution >= 0.6 is 0 Å². The Morgan fingerprint density at radius 3 is 3.11 bits per heavy atom. The Labute approximate surface area is 106 Å². The number of rotatable bonds is 3. The van der Waals surface area contributed by atoms with Crippen molar-refractivity contribution in [3.05, 3.63) is 29.6 Å². The molecule has 0 bridgehead atoms. The molecule has 1 unspecified atom stereocenters. The third-order valence-corrected chi connectivity index (χ3v) is 2.69. The number of halogens is 1. The zero-order chi connectivity index (χ0) is 12.8. The molecular weight excluding hydrogens is 235 g/mol. The fraction of sp³-hybridized carbons (Fsp3) is 0.429. The van der Waals surface area contributed by atoms with Crippen LogP contribution in [0.5, 0.6) is 5.75 Å². The van der Waals surface area contributed by atoms with Crippen LogP contribution in [0.25, 0.3) is 0 Å². The molecule has 1 N–H and O–H groups in total. The molecule has 18 heavy (non-hydrogen) atoms. The van der Waals surface area contributed by atoms with Crippen LogP contribution in [-0.2, 0) is 4.74 Å². The quantitative estimate of drug-likeness (QED) is 0.830. The van der Waals surface area contributed by atoms with Crippen LogP contribution in [0.15, 0.2) is 18.2 Å². The van der Waals surface area contributed by atoms with Crippen molar-refractivity contribution in [2.45, 2.75) is 18.9 Å². The van der Waals surface area contributed by atoms with E-state index in [4.69, 9.17) is 14.6 Å². The Kier molecular flexibility index (Phi) is 4.57. The van der Waals surface area contributed by atoms with Crippen LogP contribution in [0.2, 0.25) is 0 Å². The molecule has 1 heterocycles. The molecule has 0 amide bonds. The van der Waals surface area contributed by atoms with Gasteiger partial charge in [-0.15, -0.1) is 0 Å². The van der Waals surface area contributed by atoms with Crippen molar-refractivity contribution in [1.82, 2.24) is 0 Å². The predicted molar refractivity (Wildman–Crippen MR) is 64.8 cm³/mol. The van der Waals surface area contributed by atoms with Gasteiger partial charge in [-0.05, 0) is 31.0 Å². The van der Waals surface area contributed by atoms with Gasteiger partial charge in [0.1, 0.15) is 13.2 Å². The lowest BCUT2D eigenvalue weighted by Gasteiger charge is -2.12. The van der Waals surface area contributed by atoms with Crippen LogP contribution in [0, 0.1) is 17.7 Å². The second-order valence-electron chi connectivity index (χ2n) is 4.05. The normalized spacial score (nSPS) is 18.2. The third kappa shape index (κ3) is 3.46. The number of benzene rings is 1. The first-order valence-electron chi connectivity index (χ1n) is 5.93. The maximum atomic E-state index is 13.5. The molecule has 1 aromatic carbocycles. The molecular formula is C14H15FO3. The summed E-state index contributed by atoms with van der Waals surface area (Å²) in [6, 6.07) is 4.40. The lowest BCUT2D eigenvalue weighted by molar-refractivity contribution is 0.0665. The Bertz CT molecular complexity index is 456. The molecule has 0 radical (unpaired) electrons. The van der Waals surface area contributed by atoms with Crippen LogP contribution in [-0.4, -0.2) is 31.0 Å². The number of hydrogen-bond acceptors (Lipinski definition) is 3. The van der Waals surface area contributed by atoms with E-state index in [0.29, 0.717) is 12.2 Å². The summed E-state index contributed by atoms with van der Waals surface area (Å²) in [6.45, 7) is 0.885. The van der Waals surface area contributed by atoms with E-state index in [2.05, 4.69) is 11.8 Å². The van der Waals surface area contributed by atoms with Gasteiger partial charge in [-0.25, -0.2) is 4.39 Å². The zero-order valence-electron chi connectivity index (χ0n) is 9.99. The first-order chi connectivity index (χ1) is 8.79. The third-order valence-electron chi connectivity index (χ3n) is 2.69. The second-order valence-corrected chi connectivity index (χ2v) is 4.05. The van der Waals surface area contributed by atoms with Gasteiger partial charge in [-0.2, -0.15) is 0 Å². The van der Waals surface area contributed by atoms with Crippen molar-refractivity contribution in [2.24, 2.45) is 0 Å². The van der Waals surface area contributed by atoms with E-state index in [1.54, 1.807) is 6.07 Å². The van der Waals surface area contributed by atoms with Gasteiger partial charge in [-0.1, -0.05) is 11.8 Å². The molecule has 4 heteroatoms. The van der Waals surface area contributed by atoms with Crippen molar-refractivity contribution in [3.63, 3.8) is 0 Å². The standard InChI is InChI=1S/C14H15FO3/c15-13-6-5-11(3-1-7-16)9-14(13)18-10-12-4-2-8-17-12/h5-6,9,12,16H,2,4,7-8,10H2. The molecule has 1 aliphatic heterocycles. The van der Waals surface area contributed by atoms with Gasteiger partial charge in [0.15, 0.2) is 11.6 Å².